The lowest BCUT2D eigenvalue weighted by molar-refractivity contribution is 0.0806. The largest absolute Gasteiger partial charge is 0.370 e. The number of nitrogens with one attached hydrogen (secondary N) is 2. The molecule has 21 heavy (non-hydrogen) atoms. The minimum Gasteiger partial charge on any atom is -0.370 e. The fourth-order valence-corrected chi connectivity index (χ4v) is 2.52. The van der Waals surface area contributed by atoms with Crippen molar-refractivity contribution in [3.63, 3.8) is 0 Å². The quantitative estimate of drug-likeness (QED) is 0.881. The van der Waals surface area contributed by atoms with Gasteiger partial charge in [-0.25, -0.2) is 9.97 Å². The maximum Gasteiger partial charge on any atom is 0.255 e. The molecule has 1 aliphatic heterocycles. The Morgan fingerprint density at radius 2 is 2.33 bits per heavy atom. The molecule has 0 spiro atoms. The topological polar surface area (TPSA) is 92.8 Å². The standard InChI is InChI=1S/C14H17N5O2/c1-8-10(7-15-9(2)17-8)14(20)18-11-4-6-21-13(11)12-3-5-16-19-12/h3,5,7,11,13H,4,6H2,1-2H3,(H,16,19)(H,18,20)/t11-,13-/m0/s1. The molecule has 0 aliphatic carbocycles. The average Bonchev–Trinajstić information content (AvgIpc) is 3.08. The van der Waals surface area contributed by atoms with E-state index in [0.29, 0.717) is 23.7 Å². The number of hydrogen-bond donors (Lipinski definition) is 2. The van der Waals surface area contributed by atoms with Gasteiger partial charge in [0.15, 0.2) is 0 Å². The lowest BCUT2D eigenvalue weighted by Gasteiger charge is -2.19. The number of aryl methyl sites for hydroxylation is 2. The van der Waals surface area contributed by atoms with E-state index in [1.165, 1.54) is 0 Å². The van der Waals surface area contributed by atoms with Gasteiger partial charge in [-0.1, -0.05) is 0 Å². The third-order valence-electron chi connectivity index (χ3n) is 3.58. The van der Waals surface area contributed by atoms with Crippen LogP contribution >= 0.6 is 0 Å². The van der Waals surface area contributed by atoms with E-state index in [2.05, 4.69) is 25.5 Å². The molecular weight excluding hydrogens is 270 g/mol. The van der Waals surface area contributed by atoms with Crippen molar-refractivity contribution in [2.75, 3.05) is 6.61 Å². The van der Waals surface area contributed by atoms with Crippen LogP contribution in [0.15, 0.2) is 18.5 Å². The van der Waals surface area contributed by atoms with Gasteiger partial charge in [-0.15, -0.1) is 0 Å². The van der Waals surface area contributed by atoms with Crippen LogP contribution < -0.4 is 5.32 Å². The van der Waals surface area contributed by atoms with Gasteiger partial charge in [-0.2, -0.15) is 5.10 Å². The first-order valence-electron chi connectivity index (χ1n) is 6.87. The van der Waals surface area contributed by atoms with Crippen LogP contribution in [0.25, 0.3) is 0 Å². The van der Waals surface area contributed by atoms with Gasteiger partial charge in [0, 0.05) is 19.0 Å². The molecule has 7 heteroatoms. The second-order valence-corrected chi connectivity index (χ2v) is 5.09. The molecule has 7 nitrogen and oxygen atoms in total. The minimum atomic E-state index is -0.192. The van der Waals surface area contributed by atoms with Gasteiger partial charge in [0.2, 0.25) is 0 Å². The number of carbonyl (C=O) groups excluding carboxylic acids is 1. The molecule has 0 saturated carbocycles. The number of carbonyl (C=O) groups is 1. The average molecular weight is 287 g/mol. The van der Waals surface area contributed by atoms with Crippen molar-refractivity contribution in [1.29, 1.82) is 0 Å². The molecule has 1 saturated heterocycles. The molecule has 2 N–H and O–H groups in total. The van der Waals surface area contributed by atoms with Gasteiger partial charge in [-0.3, -0.25) is 9.89 Å². The highest BCUT2D eigenvalue weighted by molar-refractivity contribution is 5.95. The van der Waals surface area contributed by atoms with E-state index < -0.39 is 0 Å². The highest BCUT2D eigenvalue weighted by Crippen LogP contribution is 2.27. The van der Waals surface area contributed by atoms with Gasteiger partial charge < -0.3 is 10.1 Å². The minimum absolute atomic E-state index is 0.0846. The summed E-state index contributed by atoms with van der Waals surface area (Å²) in [5.74, 6) is 0.483. The van der Waals surface area contributed by atoms with Gasteiger partial charge in [0.05, 0.1) is 23.0 Å². The van der Waals surface area contributed by atoms with Gasteiger partial charge in [0.1, 0.15) is 11.9 Å². The maximum atomic E-state index is 12.4. The Balaban J connectivity index is 1.75. The van der Waals surface area contributed by atoms with E-state index in [-0.39, 0.29) is 18.1 Å². The highest BCUT2D eigenvalue weighted by atomic mass is 16.5. The van der Waals surface area contributed by atoms with Crippen LogP contribution in [0, 0.1) is 13.8 Å². The van der Waals surface area contributed by atoms with Crippen molar-refractivity contribution >= 4 is 5.91 Å². The number of H-pyrrole nitrogens is 1. The summed E-state index contributed by atoms with van der Waals surface area (Å²) < 4.78 is 5.68. The van der Waals surface area contributed by atoms with Crippen molar-refractivity contribution < 1.29 is 9.53 Å². The van der Waals surface area contributed by atoms with Crippen LogP contribution in [0.2, 0.25) is 0 Å². The molecule has 1 amide bonds. The Morgan fingerprint density at radius 1 is 1.48 bits per heavy atom. The molecule has 0 radical (unpaired) electrons. The molecule has 3 heterocycles. The van der Waals surface area contributed by atoms with Crippen LogP contribution in [0.3, 0.4) is 0 Å². The number of ether oxygens (including phenoxy) is 1. The zero-order valence-corrected chi connectivity index (χ0v) is 12.0. The normalized spacial score (nSPS) is 21.4. The molecule has 2 aromatic rings. The third kappa shape index (κ3) is 2.78. The first kappa shape index (κ1) is 13.7. The van der Waals surface area contributed by atoms with E-state index in [1.54, 1.807) is 26.2 Å². The molecule has 3 rings (SSSR count). The highest BCUT2D eigenvalue weighted by Gasteiger charge is 2.32. The van der Waals surface area contributed by atoms with E-state index in [9.17, 15) is 4.79 Å². The fraction of sp³-hybridized carbons (Fsp3) is 0.429. The van der Waals surface area contributed by atoms with Crippen molar-refractivity contribution in [1.82, 2.24) is 25.5 Å². The van der Waals surface area contributed by atoms with Crippen LogP contribution in [0.4, 0.5) is 0 Å². The number of rotatable bonds is 3. The second-order valence-electron chi connectivity index (χ2n) is 5.09. The van der Waals surface area contributed by atoms with Crippen molar-refractivity contribution in [2.45, 2.75) is 32.4 Å². The summed E-state index contributed by atoms with van der Waals surface area (Å²) in [4.78, 5) is 20.7. The predicted molar refractivity (Wildman–Crippen MR) is 74.7 cm³/mol. The first-order chi connectivity index (χ1) is 10.1. The first-order valence-corrected chi connectivity index (χ1v) is 6.87. The third-order valence-corrected chi connectivity index (χ3v) is 3.58. The van der Waals surface area contributed by atoms with Crippen molar-refractivity contribution in [3.05, 3.63) is 41.2 Å². The Kier molecular flexibility index (Phi) is 3.66. The summed E-state index contributed by atoms with van der Waals surface area (Å²) in [6.45, 7) is 4.22. The van der Waals surface area contributed by atoms with E-state index in [0.717, 1.165) is 12.1 Å². The molecule has 1 aliphatic rings. The Morgan fingerprint density at radius 3 is 3.05 bits per heavy atom. The summed E-state index contributed by atoms with van der Waals surface area (Å²) in [6, 6.07) is 1.77. The summed E-state index contributed by atoms with van der Waals surface area (Å²) in [5.41, 5.74) is 2.04. The monoisotopic (exact) mass is 287 g/mol. The number of aromatic amines is 1. The van der Waals surface area contributed by atoms with Crippen LogP contribution in [0.1, 0.15) is 40.1 Å². The predicted octanol–water partition coefficient (Wildman–Crippen LogP) is 1.08. The van der Waals surface area contributed by atoms with Crippen LogP contribution in [-0.4, -0.2) is 38.7 Å². The van der Waals surface area contributed by atoms with E-state index >= 15 is 0 Å². The maximum absolute atomic E-state index is 12.4. The summed E-state index contributed by atoms with van der Waals surface area (Å²) in [7, 11) is 0. The SMILES string of the molecule is Cc1ncc(C(=O)N[C@H]2CCO[C@@H]2c2ccn[nH]2)c(C)n1. The lowest BCUT2D eigenvalue weighted by Crippen LogP contribution is -2.37. The second kappa shape index (κ2) is 5.61. The van der Waals surface area contributed by atoms with Gasteiger partial charge in [-0.05, 0) is 26.3 Å². The smallest absolute Gasteiger partial charge is 0.255 e. The number of hydrogen-bond acceptors (Lipinski definition) is 5. The summed E-state index contributed by atoms with van der Waals surface area (Å²) >= 11 is 0. The summed E-state index contributed by atoms with van der Waals surface area (Å²) in [5, 5.41) is 9.82. The molecule has 1 fully saturated rings. The van der Waals surface area contributed by atoms with E-state index in [4.69, 9.17) is 4.74 Å². The molecule has 0 bridgehead atoms. The van der Waals surface area contributed by atoms with Gasteiger partial charge >= 0.3 is 0 Å². The van der Waals surface area contributed by atoms with E-state index in [1.807, 2.05) is 6.07 Å². The zero-order valence-electron chi connectivity index (χ0n) is 12.0. The molecule has 110 valence electrons. The van der Waals surface area contributed by atoms with Crippen molar-refractivity contribution in [2.24, 2.45) is 0 Å². The van der Waals surface area contributed by atoms with Crippen LogP contribution in [-0.2, 0) is 4.74 Å². The molecule has 0 unspecified atom stereocenters. The number of amides is 1. The molecule has 2 atom stereocenters. The lowest BCUT2D eigenvalue weighted by atomic mass is 10.1. The fourth-order valence-electron chi connectivity index (χ4n) is 2.52. The van der Waals surface area contributed by atoms with Gasteiger partial charge in [0.25, 0.3) is 5.91 Å². The number of nitrogens with zero attached hydrogens (tertiary/aromatic N) is 3. The Bertz CT molecular complexity index is 641. The Hall–Kier alpha value is -2.28. The van der Waals surface area contributed by atoms with Crippen LogP contribution in [0.5, 0.6) is 0 Å². The molecule has 2 aromatic heterocycles. The zero-order chi connectivity index (χ0) is 14.8. The molecular formula is C14H17N5O2. The number of aromatic nitrogens is 4. The molecule has 0 aromatic carbocycles. The summed E-state index contributed by atoms with van der Waals surface area (Å²) in [6.07, 6.45) is 3.81. The van der Waals surface area contributed by atoms with Crippen molar-refractivity contribution in [3.8, 4) is 0 Å². The Labute approximate surface area is 122 Å².